The molecule has 0 saturated heterocycles. The summed E-state index contributed by atoms with van der Waals surface area (Å²) in [6.45, 7) is 3.11. The zero-order chi connectivity index (χ0) is 12.5. The van der Waals surface area contributed by atoms with Gasteiger partial charge >= 0.3 is 0 Å². The average molecular weight is 245 g/mol. The van der Waals surface area contributed by atoms with E-state index in [2.05, 4.69) is 18.3 Å². The second kappa shape index (κ2) is 4.65. The molecular weight excluding hydrogens is 226 g/mol. The lowest BCUT2D eigenvalue weighted by molar-refractivity contribution is 0.403. The summed E-state index contributed by atoms with van der Waals surface area (Å²) in [6, 6.07) is 8.46. The summed E-state index contributed by atoms with van der Waals surface area (Å²) in [4.78, 5) is 0. The van der Waals surface area contributed by atoms with Crippen molar-refractivity contribution in [3.63, 3.8) is 0 Å². The van der Waals surface area contributed by atoms with E-state index in [0.29, 0.717) is 6.04 Å². The Morgan fingerprint density at radius 3 is 2.89 bits per heavy atom. The first-order chi connectivity index (χ1) is 8.81. The quantitative estimate of drug-likeness (QED) is 0.875. The van der Waals surface area contributed by atoms with Crippen LogP contribution in [0.5, 0.6) is 5.75 Å². The molecule has 0 radical (unpaired) electrons. The molecule has 1 unspecified atom stereocenters. The number of fused-ring (bicyclic) bond motifs is 1. The molecule has 1 fully saturated rings. The van der Waals surface area contributed by atoms with Gasteiger partial charge in [0.15, 0.2) is 0 Å². The molecule has 1 N–H and O–H groups in total. The number of rotatable bonds is 5. The van der Waals surface area contributed by atoms with E-state index in [0.717, 1.165) is 34.9 Å². The SMILES string of the molecule is CCNC(c1cc2cc(OC)ccc2o1)C1CC1. The minimum absolute atomic E-state index is 0.369. The summed E-state index contributed by atoms with van der Waals surface area (Å²) in [5.41, 5.74) is 0.939. The van der Waals surface area contributed by atoms with Gasteiger partial charge in [-0.3, -0.25) is 0 Å². The van der Waals surface area contributed by atoms with Crippen molar-refractivity contribution in [2.45, 2.75) is 25.8 Å². The van der Waals surface area contributed by atoms with Crippen molar-refractivity contribution in [3.05, 3.63) is 30.0 Å². The number of benzene rings is 1. The minimum Gasteiger partial charge on any atom is -0.497 e. The molecule has 0 spiro atoms. The molecule has 1 aliphatic carbocycles. The molecule has 1 aliphatic rings. The van der Waals surface area contributed by atoms with Crippen molar-refractivity contribution in [1.82, 2.24) is 5.32 Å². The number of methoxy groups -OCH3 is 1. The first-order valence-corrected chi connectivity index (χ1v) is 6.62. The lowest BCUT2D eigenvalue weighted by atomic mass is 10.1. The molecule has 96 valence electrons. The van der Waals surface area contributed by atoms with E-state index in [1.807, 2.05) is 18.2 Å². The Hall–Kier alpha value is -1.48. The van der Waals surface area contributed by atoms with Gasteiger partial charge in [-0.05, 0) is 49.6 Å². The molecule has 1 atom stereocenters. The number of hydrogen-bond acceptors (Lipinski definition) is 3. The molecular formula is C15H19NO2. The maximum Gasteiger partial charge on any atom is 0.134 e. The van der Waals surface area contributed by atoms with Crippen LogP contribution in [-0.4, -0.2) is 13.7 Å². The van der Waals surface area contributed by atoms with Gasteiger partial charge in [-0.2, -0.15) is 0 Å². The summed E-state index contributed by atoms with van der Waals surface area (Å²) in [7, 11) is 1.69. The van der Waals surface area contributed by atoms with Crippen molar-refractivity contribution in [2.75, 3.05) is 13.7 Å². The maximum absolute atomic E-state index is 5.97. The van der Waals surface area contributed by atoms with Gasteiger partial charge in [0, 0.05) is 5.39 Å². The molecule has 3 nitrogen and oxygen atoms in total. The standard InChI is InChI=1S/C15H19NO2/c1-3-16-15(10-4-5-10)14-9-11-8-12(17-2)6-7-13(11)18-14/h6-10,15-16H,3-5H2,1-2H3. The van der Waals surface area contributed by atoms with Gasteiger partial charge in [-0.1, -0.05) is 6.92 Å². The molecule has 1 saturated carbocycles. The molecule has 1 heterocycles. The van der Waals surface area contributed by atoms with Crippen molar-refractivity contribution in [2.24, 2.45) is 5.92 Å². The summed E-state index contributed by atoms with van der Waals surface area (Å²) in [5.74, 6) is 2.68. The fourth-order valence-electron chi connectivity index (χ4n) is 2.47. The topological polar surface area (TPSA) is 34.4 Å². The zero-order valence-electron chi connectivity index (χ0n) is 10.9. The predicted octanol–water partition coefficient (Wildman–Crippen LogP) is 3.50. The fourth-order valence-corrected chi connectivity index (χ4v) is 2.47. The Kier molecular flexibility index (Phi) is 3.00. The molecule has 1 aromatic heterocycles. The van der Waals surface area contributed by atoms with Gasteiger partial charge in [0.25, 0.3) is 0 Å². The largest absolute Gasteiger partial charge is 0.497 e. The van der Waals surface area contributed by atoms with Crippen LogP contribution in [-0.2, 0) is 0 Å². The van der Waals surface area contributed by atoms with Crippen LogP contribution < -0.4 is 10.1 Å². The second-order valence-corrected chi connectivity index (χ2v) is 4.93. The van der Waals surface area contributed by atoms with Crippen LogP contribution in [0.25, 0.3) is 11.0 Å². The summed E-state index contributed by atoms with van der Waals surface area (Å²) >= 11 is 0. The molecule has 2 aromatic rings. The second-order valence-electron chi connectivity index (χ2n) is 4.93. The van der Waals surface area contributed by atoms with E-state index in [1.54, 1.807) is 7.11 Å². The molecule has 0 bridgehead atoms. The predicted molar refractivity (Wildman–Crippen MR) is 71.9 cm³/mol. The first-order valence-electron chi connectivity index (χ1n) is 6.62. The molecule has 3 rings (SSSR count). The van der Waals surface area contributed by atoms with E-state index in [9.17, 15) is 0 Å². The number of nitrogens with one attached hydrogen (secondary N) is 1. The van der Waals surface area contributed by atoms with Crippen LogP contribution in [0.15, 0.2) is 28.7 Å². The third-order valence-electron chi connectivity index (χ3n) is 3.57. The highest BCUT2D eigenvalue weighted by molar-refractivity contribution is 5.79. The molecule has 0 amide bonds. The number of ether oxygens (including phenoxy) is 1. The Morgan fingerprint density at radius 1 is 1.39 bits per heavy atom. The Labute approximate surface area is 107 Å². The minimum atomic E-state index is 0.369. The van der Waals surface area contributed by atoms with Gasteiger partial charge in [-0.25, -0.2) is 0 Å². The number of hydrogen-bond donors (Lipinski definition) is 1. The highest BCUT2D eigenvalue weighted by Crippen LogP contribution is 2.42. The Bertz CT molecular complexity index is 542. The van der Waals surface area contributed by atoms with Crippen molar-refractivity contribution in [3.8, 4) is 5.75 Å². The van der Waals surface area contributed by atoms with Crippen molar-refractivity contribution in [1.29, 1.82) is 0 Å². The van der Waals surface area contributed by atoms with Gasteiger partial charge in [0.2, 0.25) is 0 Å². The van der Waals surface area contributed by atoms with Gasteiger partial charge in [0.1, 0.15) is 17.1 Å². The van der Waals surface area contributed by atoms with Gasteiger partial charge in [0.05, 0.1) is 13.2 Å². The highest BCUT2D eigenvalue weighted by Gasteiger charge is 2.33. The average Bonchev–Trinajstić information content (AvgIpc) is 3.14. The van der Waals surface area contributed by atoms with E-state index >= 15 is 0 Å². The smallest absolute Gasteiger partial charge is 0.134 e. The summed E-state index contributed by atoms with van der Waals surface area (Å²) in [5, 5.41) is 4.64. The van der Waals surface area contributed by atoms with Crippen LogP contribution in [0.4, 0.5) is 0 Å². The summed E-state index contributed by atoms with van der Waals surface area (Å²) in [6.07, 6.45) is 2.61. The Morgan fingerprint density at radius 2 is 2.22 bits per heavy atom. The van der Waals surface area contributed by atoms with Crippen molar-refractivity contribution < 1.29 is 9.15 Å². The lowest BCUT2D eigenvalue weighted by Gasteiger charge is -2.13. The highest BCUT2D eigenvalue weighted by atomic mass is 16.5. The van der Waals surface area contributed by atoms with E-state index in [-0.39, 0.29) is 0 Å². The zero-order valence-corrected chi connectivity index (χ0v) is 10.9. The normalized spacial score (nSPS) is 17.0. The lowest BCUT2D eigenvalue weighted by Crippen LogP contribution is -2.21. The molecule has 0 aliphatic heterocycles. The monoisotopic (exact) mass is 245 g/mol. The Balaban J connectivity index is 1.95. The molecule has 1 aromatic carbocycles. The van der Waals surface area contributed by atoms with E-state index in [1.165, 1.54) is 12.8 Å². The van der Waals surface area contributed by atoms with Crippen LogP contribution >= 0.6 is 0 Å². The van der Waals surface area contributed by atoms with Crippen LogP contribution in [0.3, 0.4) is 0 Å². The third kappa shape index (κ3) is 2.10. The van der Waals surface area contributed by atoms with Crippen LogP contribution in [0.1, 0.15) is 31.6 Å². The molecule has 18 heavy (non-hydrogen) atoms. The third-order valence-corrected chi connectivity index (χ3v) is 3.57. The van der Waals surface area contributed by atoms with Gasteiger partial charge < -0.3 is 14.5 Å². The van der Waals surface area contributed by atoms with Crippen molar-refractivity contribution >= 4 is 11.0 Å². The van der Waals surface area contributed by atoms with E-state index in [4.69, 9.17) is 9.15 Å². The fraction of sp³-hybridized carbons (Fsp3) is 0.467. The van der Waals surface area contributed by atoms with E-state index < -0.39 is 0 Å². The summed E-state index contributed by atoms with van der Waals surface area (Å²) < 4.78 is 11.2. The molecule has 3 heteroatoms. The van der Waals surface area contributed by atoms with Crippen LogP contribution in [0, 0.1) is 5.92 Å². The first kappa shape index (κ1) is 11.6. The van der Waals surface area contributed by atoms with Gasteiger partial charge in [-0.15, -0.1) is 0 Å². The number of furan rings is 1. The van der Waals surface area contributed by atoms with Crippen LogP contribution in [0.2, 0.25) is 0 Å². The maximum atomic E-state index is 5.97.